The van der Waals surface area contributed by atoms with Crippen LogP contribution in [0.4, 0.5) is 10.2 Å². The Bertz CT molecular complexity index is 1170. The molecule has 2 bridgehead atoms. The van der Waals surface area contributed by atoms with Crippen molar-refractivity contribution in [3.63, 3.8) is 0 Å². The molecule has 1 aromatic heterocycles. The van der Waals surface area contributed by atoms with E-state index in [1.165, 1.54) is 12.1 Å². The van der Waals surface area contributed by atoms with Crippen LogP contribution in [0, 0.1) is 23.1 Å². The molecular weight excluding hydrogens is 439 g/mol. The van der Waals surface area contributed by atoms with Crippen LogP contribution in [0.25, 0.3) is 5.57 Å². The number of nitriles is 1. The van der Waals surface area contributed by atoms with Gasteiger partial charge in [0, 0.05) is 24.1 Å². The SMILES string of the molecule is CSN1CC2=NC(C(C)C)CC(C#N)=C2c2cnc(N)c(n2)OC(C)c2cc(F)ccc2C1. The summed E-state index contributed by atoms with van der Waals surface area (Å²) in [6.07, 6.45) is 3.61. The van der Waals surface area contributed by atoms with Gasteiger partial charge in [0.15, 0.2) is 5.82 Å². The second kappa shape index (κ2) is 9.49. The molecule has 33 heavy (non-hydrogen) atoms. The van der Waals surface area contributed by atoms with E-state index in [1.807, 2.05) is 13.2 Å². The first-order valence-corrected chi connectivity index (χ1v) is 12.1. The normalized spacial score (nSPS) is 21.2. The van der Waals surface area contributed by atoms with Crippen molar-refractivity contribution < 1.29 is 9.13 Å². The minimum atomic E-state index is -0.500. The second-order valence-corrected chi connectivity index (χ2v) is 9.47. The molecule has 7 nitrogen and oxygen atoms in total. The van der Waals surface area contributed by atoms with Crippen LogP contribution in [0.1, 0.15) is 50.1 Å². The Hall–Kier alpha value is -2.96. The molecule has 0 fully saturated rings. The second-order valence-electron chi connectivity index (χ2n) is 8.59. The van der Waals surface area contributed by atoms with E-state index >= 15 is 0 Å². The van der Waals surface area contributed by atoms with E-state index in [2.05, 4.69) is 34.2 Å². The molecule has 2 aliphatic rings. The molecule has 1 aromatic carbocycles. The van der Waals surface area contributed by atoms with Gasteiger partial charge in [-0.3, -0.25) is 4.99 Å². The molecule has 2 atom stereocenters. The summed E-state index contributed by atoms with van der Waals surface area (Å²) in [4.78, 5) is 14.0. The molecule has 0 amide bonds. The van der Waals surface area contributed by atoms with Gasteiger partial charge in [0.2, 0.25) is 0 Å². The number of benzene rings is 1. The molecule has 2 aliphatic heterocycles. The van der Waals surface area contributed by atoms with E-state index in [0.717, 1.165) is 16.8 Å². The van der Waals surface area contributed by atoms with E-state index in [4.69, 9.17) is 15.5 Å². The zero-order valence-corrected chi connectivity index (χ0v) is 20.0. The topological polar surface area (TPSA) is 100 Å². The highest BCUT2D eigenvalue weighted by molar-refractivity contribution is 7.96. The number of hydrogen-bond donors (Lipinski definition) is 1. The molecular formula is C24H27FN6OS. The lowest BCUT2D eigenvalue weighted by molar-refractivity contribution is 0.215. The monoisotopic (exact) mass is 466 g/mol. The van der Waals surface area contributed by atoms with Crippen LogP contribution >= 0.6 is 11.9 Å². The number of nitrogens with zero attached hydrogens (tertiary/aromatic N) is 5. The van der Waals surface area contributed by atoms with Gasteiger partial charge in [-0.25, -0.2) is 18.7 Å². The van der Waals surface area contributed by atoms with Crippen molar-refractivity contribution in [3.8, 4) is 11.9 Å². The molecule has 0 saturated heterocycles. The van der Waals surface area contributed by atoms with Crippen molar-refractivity contribution in [1.29, 1.82) is 5.26 Å². The van der Waals surface area contributed by atoms with Crippen LogP contribution in [0.3, 0.4) is 0 Å². The van der Waals surface area contributed by atoms with Gasteiger partial charge in [-0.1, -0.05) is 31.9 Å². The number of aliphatic imine (C=N–C) groups is 1. The number of rotatable bonds is 2. The molecule has 172 valence electrons. The van der Waals surface area contributed by atoms with Crippen molar-refractivity contribution in [2.45, 2.75) is 45.9 Å². The first-order valence-electron chi connectivity index (χ1n) is 10.9. The molecule has 0 aliphatic carbocycles. The zero-order chi connectivity index (χ0) is 23.7. The lowest BCUT2D eigenvalue weighted by atomic mass is 9.88. The number of ether oxygens (including phenoxy) is 1. The Morgan fingerprint density at radius 2 is 2.12 bits per heavy atom. The van der Waals surface area contributed by atoms with Gasteiger partial charge >= 0.3 is 0 Å². The third kappa shape index (κ3) is 4.72. The molecule has 0 radical (unpaired) electrons. The van der Waals surface area contributed by atoms with Crippen molar-refractivity contribution in [2.75, 3.05) is 18.5 Å². The Labute approximate surface area is 197 Å². The maximum atomic E-state index is 14.1. The van der Waals surface area contributed by atoms with E-state index in [9.17, 15) is 9.65 Å². The van der Waals surface area contributed by atoms with E-state index in [0.29, 0.717) is 36.4 Å². The predicted molar refractivity (Wildman–Crippen MR) is 129 cm³/mol. The summed E-state index contributed by atoms with van der Waals surface area (Å²) in [6.45, 7) is 7.11. The summed E-state index contributed by atoms with van der Waals surface area (Å²) in [6, 6.07) is 7.11. The zero-order valence-electron chi connectivity index (χ0n) is 19.2. The summed E-state index contributed by atoms with van der Waals surface area (Å²) in [5, 5.41) is 10.0. The molecule has 2 N–H and O–H groups in total. The lowest BCUT2D eigenvalue weighted by Gasteiger charge is -2.30. The minimum Gasteiger partial charge on any atom is -0.467 e. The quantitative estimate of drug-likeness (QED) is 0.647. The number of halogens is 1. The van der Waals surface area contributed by atoms with Crippen LogP contribution in [-0.2, 0) is 6.54 Å². The minimum absolute atomic E-state index is 0.00822. The molecule has 3 heterocycles. The van der Waals surface area contributed by atoms with Gasteiger partial charge in [-0.15, -0.1) is 0 Å². The Balaban J connectivity index is 1.92. The van der Waals surface area contributed by atoms with Crippen molar-refractivity contribution in [1.82, 2.24) is 14.3 Å². The van der Waals surface area contributed by atoms with E-state index < -0.39 is 6.10 Å². The van der Waals surface area contributed by atoms with E-state index in [1.54, 1.807) is 24.2 Å². The van der Waals surface area contributed by atoms with Crippen LogP contribution in [0.15, 0.2) is 35.0 Å². The number of hydrogen-bond acceptors (Lipinski definition) is 8. The maximum absolute atomic E-state index is 14.1. The summed E-state index contributed by atoms with van der Waals surface area (Å²) in [7, 11) is 0. The first-order chi connectivity index (χ1) is 15.8. The lowest BCUT2D eigenvalue weighted by Crippen LogP contribution is -2.31. The van der Waals surface area contributed by atoms with Crippen molar-refractivity contribution >= 4 is 29.1 Å². The third-order valence-electron chi connectivity index (χ3n) is 6.02. The molecule has 2 aromatic rings. The smallest absolute Gasteiger partial charge is 0.258 e. The maximum Gasteiger partial charge on any atom is 0.258 e. The number of fused-ring (bicyclic) bond motifs is 5. The van der Waals surface area contributed by atoms with Crippen LogP contribution < -0.4 is 10.5 Å². The largest absolute Gasteiger partial charge is 0.467 e. The third-order valence-corrected chi connectivity index (χ3v) is 6.79. The molecule has 0 spiro atoms. The van der Waals surface area contributed by atoms with Gasteiger partial charge in [-0.05, 0) is 42.4 Å². The van der Waals surface area contributed by atoms with Gasteiger partial charge < -0.3 is 10.5 Å². The summed E-state index contributed by atoms with van der Waals surface area (Å²) < 4.78 is 22.4. The fraction of sp³-hybridized carbons (Fsp3) is 0.417. The standard InChI is InChI=1S/C24H27FN6OS/c1-13(2)19-7-16(9-26)22-20-10-28-23(27)24(30-20)32-14(3)18-8-17(25)6-5-15(18)11-31(33-4)12-21(22)29-19/h5-6,8,10,13-14,19H,7,11-12H2,1-4H3,(H2,27,28). The van der Waals surface area contributed by atoms with Gasteiger partial charge in [0.1, 0.15) is 11.9 Å². The predicted octanol–water partition coefficient (Wildman–Crippen LogP) is 4.58. The molecule has 0 saturated carbocycles. The number of nitrogen functional groups attached to an aromatic ring is 1. The number of aromatic nitrogens is 2. The van der Waals surface area contributed by atoms with Gasteiger partial charge in [-0.2, -0.15) is 5.26 Å². The van der Waals surface area contributed by atoms with Crippen LogP contribution in [0.2, 0.25) is 0 Å². The average Bonchev–Trinajstić information content (AvgIpc) is 2.79. The molecule has 2 unspecified atom stereocenters. The number of nitrogens with two attached hydrogens (primary N) is 1. The molecule has 9 heteroatoms. The summed E-state index contributed by atoms with van der Waals surface area (Å²) in [5.41, 5.74) is 10.3. The fourth-order valence-corrected chi connectivity index (χ4v) is 4.67. The van der Waals surface area contributed by atoms with Gasteiger partial charge in [0.25, 0.3) is 5.88 Å². The summed E-state index contributed by atoms with van der Waals surface area (Å²) in [5.74, 6) is 0.250. The number of anilines is 1. The Morgan fingerprint density at radius 3 is 2.82 bits per heavy atom. The fourth-order valence-electron chi connectivity index (χ4n) is 4.15. The molecule has 4 rings (SSSR count). The highest BCUT2D eigenvalue weighted by Gasteiger charge is 2.30. The van der Waals surface area contributed by atoms with Crippen LogP contribution in [0.5, 0.6) is 5.88 Å². The highest BCUT2D eigenvalue weighted by Crippen LogP contribution is 2.35. The Kier molecular flexibility index (Phi) is 6.68. The average molecular weight is 467 g/mol. The Morgan fingerprint density at radius 1 is 1.33 bits per heavy atom. The van der Waals surface area contributed by atoms with Crippen LogP contribution in [-0.4, -0.2) is 38.8 Å². The first kappa shape index (κ1) is 23.2. The van der Waals surface area contributed by atoms with Gasteiger partial charge in [0.05, 0.1) is 36.3 Å². The van der Waals surface area contributed by atoms with Crippen molar-refractivity contribution in [3.05, 3.63) is 52.6 Å². The van der Waals surface area contributed by atoms with Crippen molar-refractivity contribution in [2.24, 2.45) is 10.9 Å². The van der Waals surface area contributed by atoms with E-state index in [-0.39, 0.29) is 29.5 Å². The summed E-state index contributed by atoms with van der Waals surface area (Å²) >= 11 is 1.57. The number of dihydropyridines is 1. The highest BCUT2D eigenvalue weighted by atomic mass is 32.2.